The molecule has 0 saturated carbocycles. The van der Waals surface area contributed by atoms with E-state index in [1.54, 1.807) is 6.08 Å². The molecule has 1 aliphatic heterocycles. The Balaban J connectivity index is 1.81. The van der Waals surface area contributed by atoms with Gasteiger partial charge in [0.2, 0.25) is 5.90 Å². The quantitative estimate of drug-likeness (QED) is 0.441. The van der Waals surface area contributed by atoms with E-state index in [0.717, 1.165) is 21.0 Å². The van der Waals surface area contributed by atoms with Crippen molar-refractivity contribution in [3.05, 3.63) is 87.5 Å². The maximum Gasteiger partial charge on any atom is 0.363 e. The molecular formula is C21H14BrNO2. The van der Waals surface area contributed by atoms with Crippen molar-refractivity contribution >= 4 is 44.6 Å². The Hall–Kier alpha value is -2.72. The van der Waals surface area contributed by atoms with Crippen LogP contribution in [0.2, 0.25) is 0 Å². The zero-order valence-electron chi connectivity index (χ0n) is 13.5. The summed E-state index contributed by atoms with van der Waals surface area (Å²) < 4.78 is 6.20. The lowest BCUT2D eigenvalue weighted by Crippen LogP contribution is -2.05. The molecule has 3 aromatic rings. The van der Waals surface area contributed by atoms with E-state index in [9.17, 15) is 4.79 Å². The van der Waals surface area contributed by atoms with Gasteiger partial charge < -0.3 is 4.74 Å². The van der Waals surface area contributed by atoms with Crippen LogP contribution in [0, 0.1) is 6.92 Å². The monoisotopic (exact) mass is 391 g/mol. The van der Waals surface area contributed by atoms with Crippen molar-refractivity contribution in [1.29, 1.82) is 0 Å². The summed E-state index contributed by atoms with van der Waals surface area (Å²) in [6.07, 6.45) is 1.79. The summed E-state index contributed by atoms with van der Waals surface area (Å²) in [6.45, 7) is 2.08. The Labute approximate surface area is 153 Å². The van der Waals surface area contributed by atoms with E-state index in [2.05, 4.69) is 33.9 Å². The molecule has 0 saturated heterocycles. The molecule has 4 rings (SSSR count). The Kier molecular flexibility index (Phi) is 3.98. The van der Waals surface area contributed by atoms with Gasteiger partial charge >= 0.3 is 5.97 Å². The first kappa shape index (κ1) is 15.8. The number of hydrogen-bond acceptors (Lipinski definition) is 3. The van der Waals surface area contributed by atoms with E-state index in [0.29, 0.717) is 11.6 Å². The van der Waals surface area contributed by atoms with Crippen LogP contribution in [0.4, 0.5) is 0 Å². The summed E-state index contributed by atoms with van der Waals surface area (Å²) >= 11 is 3.46. The molecule has 0 fully saturated rings. The molecule has 0 spiro atoms. The molecule has 122 valence electrons. The van der Waals surface area contributed by atoms with E-state index in [1.165, 1.54) is 10.9 Å². The summed E-state index contributed by atoms with van der Waals surface area (Å²) in [6, 6.07) is 19.7. The predicted molar refractivity (Wildman–Crippen MR) is 103 cm³/mol. The summed E-state index contributed by atoms with van der Waals surface area (Å²) in [4.78, 5) is 16.7. The maximum atomic E-state index is 12.3. The highest BCUT2D eigenvalue weighted by atomic mass is 79.9. The molecule has 0 N–H and O–H groups in total. The van der Waals surface area contributed by atoms with Gasteiger partial charge in [0.15, 0.2) is 5.70 Å². The average molecular weight is 392 g/mol. The van der Waals surface area contributed by atoms with Gasteiger partial charge in [-0.15, -0.1) is 0 Å². The minimum Gasteiger partial charge on any atom is -0.402 e. The van der Waals surface area contributed by atoms with Crippen molar-refractivity contribution in [3.8, 4) is 0 Å². The second-order valence-corrected chi connectivity index (χ2v) is 6.69. The molecule has 0 aliphatic carbocycles. The van der Waals surface area contributed by atoms with Gasteiger partial charge in [0.25, 0.3) is 0 Å². The molecule has 0 atom stereocenters. The molecule has 0 amide bonds. The molecule has 0 aromatic heterocycles. The number of halogens is 1. The molecule has 1 heterocycles. The molecule has 1 aliphatic rings. The third kappa shape index (κ3) is 2.89. The number of esters is 1. The van der Waals surface area contributed by atoms with Gasteiger partial charge in [-0.25, -0.2) is 9.79 Å². The second-order valence-electron chi connectivity index (χ2n) is 5.83. The smallest absolute Gasteiger partial charge is 0.363 e. The number of carbonyl (C=O) groups is 1. The first-order valence-electron chi connectivity index (χ1n) is 7.89. The summed E-state index contributed by atoms with van der Waals surface area (Å²) in [5.41, 5.74) is 3.21. The number of nitrogens with zero attached hydrogens (tertiary/aromatic N) is 1. The van der Waals surface area contributed by atoms with Crippen molar-refractivity contribution in [2.45, 2.75) is 6.92 Å². The molecule has 25 heavy (non-hydrogen) atoms. The lowest BCUT2D eigenvalue weighted by atomic mass is 10.00. The summed E-state index contributed by atoms with van der Waals surface area (Å²) in [5, 5.41) is 2.26. The third-order valence-electron chi connectivity index (χ3n) is 4.19. The fourth-order valence-electron chi connectivity index (χ4n) is 2.91. The SMILES string of the molecule is Cc1ccc(C=C2N=C(c3ccccc3Br)OC2=O)c2ccccc12. The van der Waals surface area contributed by atoms with Crippen LogP contribution in [-0.2, 0) is 9.53 Å². The van der Waals surface area contributed by atoms with Gasteiger partial charge in [0.05, 0.1) is 5.56 Å². The number of rotatable bonds is 2. The number of hydrogen-bond donors (Lipinski definition) is 0. The lowest BCUT2D eigenvalue weighted by Gasteiger charge is -2.05. The first-order chi connectivity index (χ1) is 12.1. The molecule has 0 radical (unpaired) electrons. The Morgan fingerprint density at radius 3 is 2.48 bits per heavy atom. The number of fused-ring (bicyclic) bond motifs is 1. The van der Waals surface area contributed by atoms with Crippen LogP contribution in [0.1, 0.15) is 16.7 Å². The average Bonchev–Trinajstić information content (AvgIpc) is 2.98. The third-order valence-corrected chi connectivity index (χ3v) is 4.88. The number of aryl methyl sites for hydroxylation is 1. The predicted octanol–water partition coefficient (Wildman–Crippen LogP) is 5.26. The van der Waals surface area contributed by atoms with Crippen LogP contribution < -0.4 is 0 Å². The Bertz CT molecular complexity index is 1070. The Morgan fingerprint density at radius 2 is 1.68 bits per heavy atom. The van der Waals surface area contributed by atoms with E-state index >= 15 is 0 Å². The zero-order valence-corrected chi connectivity index (χ0v) is 15.1. The van der Waals surface area contributed by atoms with Crippen molar-refractivity contribution in [2.24, 2.45) is 4.99 Å². The van der Waals surface area contributed by atoms with E-state index in [1.807, 2.05) is 54.6 Å². The highest BCUT2D eigenvalue weighted by molar-refractivity contribution is 9.10. The number of ether oxygens (including phenoxy) is 1. The first-order valence-corrected chi connectivity index (χ1v) is 8.68. The standard InChI is InChI=1S/C21H14BrNO2/c1-13-10-11-14(16-7-3-2-6-15(13)16)12-19-21(24)25-20(23-19)17-8-4-5-9-18(17)22/h2-12H,1H3. The zero-order chi connectivity index (χ0) is 17.4. The van der Waals surface area contributed by atoms with Gasteiger partial charge in [0, 0.05) is 4.47 Å². The summed E-state index contributed by atoms with van der Waals surface area (Å²) in [7, 11) is 0. The number of carbonyl (C=O) groups excluding carboxylic acids is 1. The van der Waals surface area contributed by atoms with Crippen LogP contribution in [0.25, 0.3) is 16.8 Å². The molecule has 4 heteroatoms. The van der Waals surface area contributed by atoms with Crippen LogP contribution in [0.5, 0.6) is 0 Å². The molecular weight excluding hydrogens is 378 g/mol. The number of benzene rings is 3. The van der Waals surface area contributed by atoms with Crippen molar-refractivity contribution < 1.29 is 9.53 Å². The maximum absolute atomic E-state index is 12.3. The normalized spacial score (nSPS) is 15.5. The van der Waals surface area contributed by atoms with Gasteiger partial charge in [0.1, 0.15) is 0 Å². The van der Waals surface area contributed by atoms with Crippen LogP contribution in [0.3, 0.4) is 0 Å². The second kappa shape index (κ2) is 6.30. The minimum atomic E-state index is -0.435. The molecule has 0 unspecified atom stereocenters. The van der Waals surface area contributed by atoms with E-state index in [4.69, 9.17) is 4.74 Å². The highest BCUT2D eigenvalue weighted by Gasteiger charge is 2.25. The lowest BCUT2D eigenvalue weighted by molar-refractivity contribution is -0.129. The van der Waals surface area contributed by atoms with E-state index in [-0.39, 0.29) is 0 Å². The van der Waals surface area contributed by atoms with Gasteiger partial charge in [-0.1, -0.05) is 48.5 Å². The summed E-state index contributed by atoms with van der Waals surface area (Å²) in [5.74, 6) is -0.115. The fraction of sp³-hybridized carbons (Fsp3) is 0.0476. The molecule has 0 bridgehead atoms. The molecule has 3 nitrogen and oxygen atoms in total. The van der Waals surface area contributed by atoms with Gasteiger partial charge in [-0.2, -0.15) is 0 Å². The van der Waals surface area contributed by atoms with Crippen LogP contribution in [0.15, 0.2) is 75.8 Å². The van der Waals surface area contributed by atoms with E-state index < -0.39 is 5.97 Å². The van der Waals surface area contributed by atoms with Gasteiger partial charge in [-0.05, 0) is 63.0 Å². The minimum absolute atomic E-state index is 0.305. The van der Waals surface area contributed by atoms with Gasteiger partial charge in [-0.3, -0.25) is 0 Å². The highest BCUT2D eigenvalue weighted by Crippen LogP contribution is 2.27. The number of aliphatic imine (C=N–C) groups is 1. The van der Waals surface area contributed by atoms with Crippen molar-refractivity contribution in [1.82, 2.24) is 0 Å². The van der Waals surface area contributed by atoms with Crippen LogP contribution in [-0.4, -0.2) is 11.9 Å². The van der Waals surface area contributed by atoms with Crippen molar-refractivity contribution in [3.63, 3.8) is 0 Å². The van der Waals surface area contributed by atoms with Crippen molar-refractivity contribution in [2.75, 3.05) is 0 Å². The van der Waals surface area contributed by atoms with Crippen LogP contribution >= 0.6 is 15.9 Å². The fourth-order valence-corrected chi connectivity index (χ4v) is 3.36. The Morgan fingerprint density at radius 1 is 0.960 bits per heavy atom. The molecule has 3 aromatic carbocycles. The number of cyclic esters (lactones) is 1. The largest absolute Gasteiger partial charge is 0.402 e. The topological polar surface area (TPSA) is 38.7 Å².